The zero-order valence-electron chi connectivity index (χ0n) is 20.0. The van der Waals surface area contributed by atoms with Crippen molar-refractivity contribution in [3.8, 4) is 0 Å². The molecule has 0 aliphatic carbocycles. The van der Waals surface area contributed by atoms with E-state index in [2.05, 4.69) is 21.3 Å². The van der Waals surface area contributed by atoms with Crippen LogP contribution in [0, 0.1) is 0 Å². The van der Waals surface area contributed by atoms with Gasteiger partial charge in [-0.1, -0.05) is 6.92 Å². The molecule has 180 valence electrons. The van der Waals surface area contributed by atoms with Gasteiger partial charge < -0.3 is 30.7 Å². The highest BCUT2D eigenvalue weighted by molar-refractivity contribution is 5.82. The van der Waals surface area contributed by atoms with Gasteiger partial charge in [0.15, 0.2) is 0 Å². The van der Waals surface area contributed by atoms with Crippen molar-refractivity contribution < 1.29 is 28.7 Å². The van der Waals surface area contributed by atoms with Crippen LogP contribution in [-0.4, -0.2) is 60.9 Å². The van der Waals surface area contributed by atoms with E-state index >= 15 is 0 Å². The number of alkyl carbamates (subject to hydrolysis) is 2. The fourth-order valence-electron chi connectivity index (χ4n) is 2.40. The standard InChI is InChI=1S/C21H40N4O6/c1-8-15(25-17(27)14-24-19(29)31-21(5,6)7)11-9-10-12-22-16(26)13-23-18(28)30-20(2,3)4/h15H,8-14H2,1-7H3,(H,22,26)(H,23,28)(H,24,29)(H,25,27). The molecule has 0 bridgehead atoms. The van der Waals surface area contributed by atoms with E-state index in [9.17, 15) is 19.2 Å². The first-order chi connectivity index (χ1) is 14.2. The fraction of sp³-hybridized carbons (Fsp3) is 0.810. The summed E-state index contributed by atoms with van der Waals surface area (Å²) in [6.07, 6.45) is 1.78. The predicted octanol–water partition coefficient (Wildman–Crippen LogP) is 2.22. The van der Waals surface area contributed by atoms with E-state index in [1.807, 2.05) is 6.92 Å². The maximum absolute atomic E-state index is 12.0. The number of unbranched alkanes of at least 4 members (excludes halogenated alkanes) is 1. The molecule has 31 heavy (non-hydrogen) atoms. The Balaban J connectivity index is 3.95. The number of carbonyl (C=O) groups excluding carboxylic acids is 4. The Hall–Kier alpha value is -2.52. The van der Waals surface area contributed by atoms with Crippen LogP contribution in [0.5, 0.6) is 0 Å². The zero-order valence-corrected chi connectivity index (χ0v) is 20.0. The zero-order chi connectivity index (χ0) is 24.1. The summed E-state index contributed by atoms with van der Waals surface area (Å²) in [6.45, 7) is 12.6. The third-order valence-electron chi connectivity index (χ3n) is 3.74. The summed E-state index contributed by atoms with van der Waals surface area (Å²) in [5.74, 6) is -0.571. The summed E-state index contributed by atoms with van der Waals surface area (Å²) >= 11 is 0. The molecule has 0 aromatic heterocycles. The van der Waals surface area contributed by atoms with Crippen molar-refractivity contribution in [1.29, 1.82) is 0 Å². The smallest absolute Gasteiger partial charge is 0.408 e. The fourth-order valence-corrected chi connectivity index (χ4v) is 2.40. The van der Waals surface area contributed by atoms with Crippen LogP contribution >= 0.6 is 0 Å². The van der Waals surface area contributed by atoms with Gasteiger partial charge in [0.25, 0.3) is 0 Å². The van der Waals surface area contributed by atoms with Crippen LogP contribution in [0.1, 0.15) is 74.1 Å². The number of hydrogen-bond acceptors (Lipinski definition) is 6. The maximum Gasteiger partial charge on any atom is 0.408 e. The Labute approximate surface area is 185 Å². The highest BCUT2D eigenvalue weighted by Crippen LogP contribution is 2.07. The first-order valence-electron chi connectivity index (χ1n) is 10.7. The first kappa shape index (κ1) is 28.5. The monoisotopic (exact) mass is 444 g/mol. The van der Waals surface area contributed by atoms with Gasteiger partial charge in [-0.05, 0) is 67.2 Å². The lowest BCUT2D eigenvalue weighted by molar-refractivity contribution is -0.121. The largest absolute Gasteiger partial charge is 0.444 e. The molecule has 0 aliphatic rings. The van der Waals surface area contributed by atoms with Crippen molar-refractivity contribution in [3.63, 3.8) is 0 Å². The normalized spacial score (nSPS) is 12.4. The van der Waals surface area contributed by atoms with Gasteiger partial charge in [-0.3, -0.25) is 9.59 Å². The molecule has 0 heterocycles. The van der Waals surface area contributed by atoms with Crippen LogP contribution in [0.4, 0.5) is 9.59 Å². The van der Waals surface area contributed by atoms with Crippen molar-refractivity contribution in [2.24, 2.45) is 0 Å². The number of nitrogens with one attached hydrogen (secondary N) is 4. The molecule has 4 N–H and O–H groups in total. The van der Waals surface area contributed by atoms with E-state index in [1.165, 1.54) is 0 Å². The van der Waals surface area contributed by atoms with Gasteiger partial charge in [0.05, 0.1) is 6.54 Å². The van der Waals surface area contributed by atoms with Gasteiger partial charge in [-0.2, -0.15) is 0 Å². The molecule has 1 unspecified atom stereocenters. The average Bonchev–Trinajstić information content (AvgIpc) is 2.60. The minimum absolute atomic E-state index is 0.0162. The number of rotatable bonds is 11. The van der Waals surface area contributed by atoms with Crippen molar-refractivity contribution in [1.82, 2.24) is 21.3 Å². The van der Waals surface area contributed by atoms with E-state index in [1.54, 1.807) is 41.5 Å². The van der Waals surface area contributed by atoms with Crippen LogP contribution < -0.4 is 21.3 Å². The van der Waals surface area contributed by atoms with Crippen LogP contribution in [0.15, 0.2) is 0 Å². The van der Waals surface area contributed by atoms with Gasteiger partial charge in [0, 0.05) is 12.6 Å². The molecule has 0 aromatic carbocycles. The topological polar surface area (TPSA) is 135 Å². The Bertz CT molecular complexity index is 596. The second-order valence-electron chi connectivity index (χ2n) is 9.23. The van der Waals surface area contributed by atoms with Gasteiger partial charge in [0.1, 0.15) is 17.7 Å². The molecule has 10 nitrogen and oxygen atoms in total. The number of carbonyl (C=O) groups is 4. The molecule has 0 saturated carbocycles. The van der Waals surface area contributed by atoms with Gasteiger partial charge in [-0.25, -0.2) is 9.59 Å². The summed E-state index contributed by atoms with van der Waals surface area (Å²) in [7, 11) is 0. The van der Waals surface area contributed by atoms with Crippen molar-refractivity contribution in [3.05, 3.63) is 0 Å². The third-order valence-corrected chi connectivity index (χ3v) is 3.74. The molecule has 4 amide bonds. The van der Waals surface area contributed by atoms with Gasteiger partial charge in [0.2, 0.25) is 11.8 Å². The minimum Gasteiger partial charge on any atom is -0.444 e. The molecule has 10 heteroatoms. The highest BCUT2D eigenvalue weighted by Gasteiger charge is 2.18. The Morgan fingerprint density at radius 1 is 0.742 bits per heavy atom. The van der Waals surface area contributed by atoms with Crippen LogP contribution in [0.25, 0.3) is 0 Å². The second kappa shape index (κ2) is 13.7. The van der Waals surface area contributed by atoms with Crippen LogP contribution in [0.3, 0.4) is 0 Å². The molecule has 0 fully saturated rings. The lowest BCUT2D eigenvalue weighted by atomic mass is 10.1. The third kappa shape index (κ3) is 18.0. The first-order valence-corrected chi connectivity index (χ1v) is 10.7. The number of ether oxygens (including phenoxy) is 2. The van der Waals surface area contributed by atoms with Crippen molar-refractivity contribution in [2.45, 2.75) is 91.4 Å². The molecule has 0 radical (unpaired) electrons. The Morgan fingerprint density at radius 3 is 1.68 bits per heavy atom. The second-order valence-corrected chi connectivity index (χ2v) is 9.23. The Morgan fingerprint density at radius 2 is 1.23 bits per heavy atom. The van der Waals surface area contributed by atoms with Crippen LogP contribution in [-0.2, 0) is 19.1 Å². The lowest BCUT2D eigenvalue weighted by Crippen LogP contribution is -2.43. The molecule has 1 atom stereocenters. The molecular formula is C21H40N4O6. The number of amides is 4. The van der Waals surface area contributed by atoms with E-state index in [0.717, 1.165) is 25.7 Å². The summed E-state index contributed by atoms with van der Waals surface area (Å²) in [5.41, 5.74) is -1.23. The molecule has 0 spiro atoms. The van der Waals surface area contributed by atoms with E-state index in [-0.39, 0.29) is 30.9 Å². The summed E-state index contributed by atoms with van der Waals surface area (Å²) in [5, 5.41) is 10.4. The molecule has 0 aromatic rings. The quantitative estimate of drug-likeness (QED) is 0.361. The molecule has 0 saturated heterocycles. The Kier molecular flexibility index (Phi) is 12.6. The van der Waals surface area contributed by atoms with E-state index in [0.29, 0.717) is 6.54 Å². The average molecular weight is 445 g/mol. The van der Waals surface area contributed by atoms with Gasteiger partial charge >= 0.3 is 12.2 Å². The van der Waals surface area contributed by atoms with Crippen molar-refractivity contribution in [2.75, 3.05) is 19.6 Å². The summed E-state index contributed by atoms with van der Waals surface area (Å²) < 4.78 is 10.1. The molecular weight excluding hydrogens is 404 g/mol. The minimum atomic E-state index is -0.634. The molecule has 0 aliphatic heterocycles. The van der Waals surface area contributed by atoms with E-state index < -0.39 is 23.4 Å². The van der Waals surface area contributed by atoms with Gasteiger partial charge in [-0.15, -0.1) is 0 Å². The summed E-state index contributed by atoms with van der Waals surface area (Å²) in [4.78, 5) is 46.8. The number of hydrogen-bond donors (Lipinski definition) is 4. The SMILES string of the molecule is CCC(CCCCNC(=O)CNC(=O)OC(C)(C)C)NC(=O)CNC(=O)OC(C)(C)C. The predicted molar refractivity (Wildman–Crippen MR) is 118 cm³/mol. The maximum atomic E-state index is 12.0. The van der Waals surface area contributed by atoms with Crippen molar-refractivity contribution >= 4 is 24.0 Å². The lowest BCUT2D eigenvalue weighted by Gasteiger charge is -2.20. The molecule has 0 rings (SSSR count). The van der Waals surface area contributed by atoms with E-state index in [4.69, 9.17) is 9.47 Å². The van der Waals surface area contributed by atoms with Crippen LogP contribution in [0.2, 0.25) is 0 Å². The summed E-state index contributed by atoms with van der Waals surface area (Å²) in [6, 6.07) is -0.0162. The highest BCUT2D eigenvalue weighted by atomic mass is 16.6.